The van der Waals surface area contributed by atoms with Crippen LogP contribution in [0.2, 0.25) is 0 Å². The Morgan fingerprint density at radius 2 is 2.05 bits per heavy atom. The molecule has 2 rings (SSSR count). The van der Waals surface area contributed by atoms with Crippen LogP contribution in [0.25, 0.3) is 0 Å². The van der Waals surface area contributed by atoms with Crippen molar-refractivity contribution in [3.63, 3.8) is 0 Å². The number of rotatable bonds is 5. The molecule has 1 atom stereocenters. The Labute approximate surface area is 118 Å². The zero-order valence-corrected chi connectivity index (χ0v) is 11.8. The van der Waals surface area contributed by atoms with Gasteiger partial charge in [-0.25, -0.2) is 8.78 Å². The Morgan fingerprint density at radius 3 is 2.65 bits per heavy atom. The van der Waals surface area contributed by atoms with E-state index in [1.165, 1.54) is 6.07 Å². The summed E-state index contributed by atoms with van der Waals surface area (Å²) in [4.78, 5) is 2.12. The van der Waals surface area contributed by atoms with Gasteiger partial charge in [-0.05, 0) is 25.8 Å². The van der Waals surface area contributed by atoms with Gasteiger partial charge >= 0.3 is 0 Å². The summed E-state index contributed by atoms with van der Waals surface area (Å²) in [6, 6.07) is 4.01. The summed E-state index contributed by atoms with van der Waals surface area (Å²) < 4.78 is 32.9. The van der Waals surface area contributed by atoms with E-state index >= 15 is 0 Å². The first-order valence-electron chi connectivity index (χ1n) is 7.17. The van der Waals surface area contributed by atoms with E-state index in [4.69, 9.17) is 10.5 Å². The number of nitrogens with two attached hydrogens (primary N) is 1. The van der Waals surface area contributed by atoms with Crippen LogP contribution in [0.15, 0.2) is 18.2 Å². The van der Waals surface area contributed by atoms with Gasteiger partial charge in [0.2, 0.25) is 0 Å². The second-order valence-corrected chi connectivity index (χ2v) is 5.09. The summed E-state index contributed by atoms with van der Waals surface area (Å²) in [6.07, 6.45) is 2.08. The van der Waals surface area contributed by atoms with Crippen LogP contribution < -0.4 is 5.73 Å². The zero-order chi connectivity index (χ0) is 14.5. The zero-order valence-electron chi connectivity index (χ0n) is 11.8. The third-order valence-corrected chi connectivity index (χ3v) is 3.88. The number of halogens is 2. The molecule has 1 aliphatic rings. The van der Waals surface area contributed by atoms with Crippen LogP contribution in [-0.4, -0.2) is 37.2 Å². The maximum atomic E-state index is 13.9. The van der Waals surface area contributed by atoms with Gasteiger partial charge in [-0.15, -0.1) is 0 Å². The number of ether oxygens (including phenoxy) is 1. The highest BCUT2D eigenvalue weighted by Crippen LogP contribution is 2.27. The lowest BCUT2D eigenvalue weighted by Crippen LogP contribution is -2.42. The van der Waals surface area contributed by atoms with Crippen molar-refractivity contribution in [2.75, 3.05) is 26.2 Å². The maximum absolute atomic E-state index is 13.9. The third-order valence-electron chi connectivity index (χ3n) is 3.88. The minimum absolute atomic E-state index is 0.270. The molecule has 1 fully saturated rings. The first-order valence-corrected chi connectivity index (χ1v) is 7.17. The van der Waals surface area contributed by atoms with E-state index < -0.39 is 11.6 Å². The molecular formula is C15H22F2N2O. The van der Waals surface area contributed by atoms with Gasteiger partial charge < -0.3 is 10.5 Å². The van der Waals surface area contributed by atoms with E-state index in [2.05, 4.69) is 4.90 Å². The number of piperidine rings is 1. The Kier molecular flexibility index (Phi) is 5.46. The van der Waals surface area contributed by atoms with E-state index in [9.17, 15) is 8.78 Å². The number of hydrogen-bond donors (Lipinski definition) is 1. The van der Waals surface area contributed by atoms with E-state index in [-0.39, 0.29) is 18.7 Å². The molecule has 2 N–H and O–H groups in total. The van der Waals surface area contributed by atoms with Crippen molar-refractivity contribution in [2.45, 2.75) is 31.9 Å². The minimum atomic E-state index is -0.815. The van der Waals surface area contributed by atoms with Crippen LogP contribution in [-0.2, 0) is 4.74 Å². The minimum Gasteiger partial charge on any atom is -0.378 e. The summed E-state index contributed by atoms with van der Waals surface area (Å²) in [5, 5.41) is 0. The van der Waals surface area contributed by atoms with Crippen LogP contribution in [0.5, 0.6) is 0 Å². The molecule has 5 heteroatoms. The van der Waals surface area contributed by atoms with Crippen LogP contribution in [0.1, 0.15) is 31.4 Å². The quantitative estimate of drug-likeness (QED) is 0.902. The van der Waals surface area contributed by atoms with Crippen LogP contribution in [0.4, 0.5) is 8.78 Å². The van der Waals surface area contributed by atoms with Gasteiger partial charge in [-0.2, -0.15) is 0 Å². The number of nitrogens with zero attached hydrogens (tertiary/aromatic N) is 1. The molecular weight excluding hydrogens is 262 g/mol. The molecule has 0 bridgehead atoms. The average Bonchev–Trinajstić information content (AvgIpc) is 2.46. The molecule has 0 saturated carbocycles. The Balaban J connectivity index is 2.08. The monoisotopic (exact) mass is 284 g/mol. The Hall–Kier alpha value is -1.04. The second kappa shape index (κ2) is 7.11. The molecule has 1 aliphatic heterocycles. The van der Waals surface area contributed by atoms with Crippen molar-refractivity contribution in [3.05, 3.63) is 35.4 Å². The van der Waals surface area contributed by atoms with Crippen LogP contribution >= 0.6 is 0 Å². The number of hydrogen-bond acceptors (Lipinski definition) is 3. The van der Waals surface area contributed by atoms with Gasteiger partial charge in [0.05, 0.1) is 12.1 Å². The Morgan fingerprint density at radius 1 is 1.35 bits per heavy atom. The lowest BCUT2D eigenvalue weighted by atomic mass is 10.00. The smallest absolute Gasteiger partial charge is 0.163 e. The van der Waals surface area contributed by atoms with Gasteiger partial charge in [0, 0.05) is 31.8 Å². The Bertz CT molecular complexity index is 434. The maximum Gasteiger partial charge on any atom is 0.163 e. The highest BCUT2D eigenvalue weighted by atomic mass is 19.2. The van der Waals surface area contributed by atoms with Crippen LogP contribution in [0, 0.1) is 11.6 Å². The van der Waals surface area contributed by atoms with E-state index in [1.54, 1.807) is 6.07 Å². The molecule has 1 saturated heterocycles. The standard InChI is InChI=1S/C15H22F2N2O/c1-2-20-11-6-8-19(9-7-11)14(10-18)12-4-3-5-13(16)15(12)17/h3-5,11,14H,2,6-10,18H2,1H3. The summed E-state index contributed by atoms with van der Waals surface area (Å²) in [7, 11) is 0. The van der Waals surface area contributed by atoms with Gasteiger partial charge in [-0.1, -0.05) is 12.1 Å². The average molecular weight is 284 g/mol. The third kappa shape index (κ3) is 3.34. The molecule has 20 heavy (non-hydrogen) atoms. The molecule has 1 heterocycles. The summed E-state index contributed by atoms with van der Waals surface area (Å²) in [6.45, 7) is 4.56. The predicted octanol–water partition coefficient (Wildman–Crippen LogP) is 2.47. The molecule has 0 radical (unpaired) electrons. The van der Waals surface area contributed by atoms with Crippen molar-refractivity contribution in [2.24, 2.45) is 5.73 Å². The van der Waals surface area contributed by atoms with Gasteiger partial charge in [0.1, 0.15) is 0 Å². The predicted molar refractivity (Wildman–Crippen MR) is 74.4 cm³/mol. The lowest BCUT2D eigenvalue weighted by molar-refractivity contribution is 0.00412. The molecule has 1 aromatic rings. The normalized spacial score (nSPS) is 19.2. The van der Waals surface area contributed by atoms with Gasteiger partial charge in [-0.3, -0.25) is 4.90 Å². The molecule has 0 amide bonds. The molecule has 1 unspecified atom stereocenters. The van der Waals surface area contributed by atoms with Crippen molar-refractivity contribution in [3.8, 4) is 0 Å². The van der Waals surface area contributed by atoms with Crippen molar-refractivity contribution in [1.29, 1.82) is 0 Å². The fraction of sp³-hybridized carbons (Fsp3) is 0.600. The fourth-order valence-corrected chi connectivity index (χ4v) is 2.84. The summed E-state index contributed by atoms with van der Waals surface area (Å²) >= 11 is 0. The SMILES string of the molecule is CCOC1CCN(C(CN)c2cccc(F)c2F)CC1. The highest BCUT2D eigenvalue weighted by Gasteiger charge is 2.27. The number of likely N-dealkylation sites (tertiary alicyclic amines) is 1. The van der Waals surface area contributed by atoms with Crippen molar-refractivity contribution in [1.82, 2.24) is 4.90 Å². The van der Waals surface area contributed by atoms with Gasteiger partial charge in [0.25, 0.3) is 0 Å². The van der Waals surface area contributed by atoms with Crippen molar-refractivity contribution >= 4 is 0 Å². The van der Waals surface area contributed by atoms with Crippen LogP contribution in [0.3, 0.4) is 0 Å². The summed E-state index contributed by atoms with van der Waals surface area (Å²) in [5.41, 5.74) is 6.14. The molecule has 0 aromatic heterocycles. The van der Waals surface area contributed by atoms with Gasteiger partial charge in [0.15, 0.2) is 11.6 Å². The highest BCUT2D eigenvalue weighted by molar-refractivity contribution is 5.23. The van der Waals surface area contributed by atoms with E-state index in [0.717, 1.165) is 32.0 Å². The number of benzene rings is 1. The second-order valence-electron chi connectivity index (χ2n) is 5.09. The molecule has 0 aliphatic carbocycles. The molecule has 1 aromatic carbocycles. The lowest BCUT2D eigenvalue weighted by Gasteiger charge is -2.37. The molecule has 112 valence electrons. The first kappa shape index (κ1) is 15.4. The summed E-state index contributed by atoms with van der Waals surface area (Å²) in [5.74, 6) is -1.60. The topological polar surface area (TPSA) is 38.5 Å². The van der Waals surface area contributed by atoms with E-state index in [1.807, 2.05) is 6.92 Å². The van der Waals surface area contributed by atoms with E-state index in [0.29, 0.717) is 12.2 Å². The molecule has 3 nitrogen and oxygen atoms in total. The fourth-order valence-electron chi connectivity index (χ4n) is 2.84. The largest absolute Gasteiger partial charge is 0.378 e. The molecule has 0 spiro atoms. The first-order chi connectivity index (χ1) is 9.67. The van der Waals surface area contributed by atoms with Crippen molar-refractivity contribution < 1.29 is 13.5 Å².